The van der Waals surface area contributed by atoms with Crippen LogP contribution in [0.25, 0.3) is 22.4 Å². The standard InChI is InChI=1S/C20H17F4N5O2S/c1-11(20(22,23)24)28-32(30,31)14-8-26-19(27-9-14)18-16(7-25)15-6-13(21)4-5-17(15)29(18)10-12-2-3-12/h4-6,8-9,11-12,28H,2-3,10H2,1H3/t11-/m0/s1. The molecule has 168 valence electrons. The van der Waals surface area contributed by atoms with Gasteiger partial charge < -0.3 is 4.57 Å². The number of sulfonamides is 1. The molecule has 1 aliphatic carbocycles. The predicted molar refractivity (Wildman–Crippen MR) is 106 cm³/mol. The molecule has 0 aliphatic heterocycles. The van der Waals surface area contributed by atoms with Gasteiger partial charge in [-0.1, -0.05) is 0 Å². The molecule has 2 heterocycles. The van der Waals surface area contributed by atoms with Gasteiger partial charge in [0.1, 0.15) is 28.5 Å². The summed E-state index contributed by atoms with van der Waals surface area (Å²) in [6.45, 7) is 1.23. The third-order valence-corrected chi connectivity index (χ3v) is 6.74. The van der Waals surface area contributed by atoms with E-state index < -0.39 is 33.0 Å². The highest BCUT2D eigenvalue weighted by atomic mass is 32.2. The smallest absolute Gasteiger partial charge is 0.336 e. The number of halogens is 4. The van der Waals surface area contributed by atoms with Crippen molar-refractivity contribution < 1.29 is 26.0 Å². The van der Waals surface area contributed by atoms with E-state index in [1.165, 1.54) is 16.9 Å². The second kappa shape index (κ2) is 7.83. The van der Waals surface area contributed by atoms with E-state index in [1.807, 2.05) is 6.07 Å². The van der Waals surface area contributed by atoms with Crippen LogP contribution in [0.5, 0.6) is 0 Å². The van der Waals surface area contributed by atoms with Gasteiger partial charge in [0.05, 0.1) is 23.5 Å². The Morgan fingerprint density at radius 1 is 1.28 bits per heavy atom. The van der Waals surface area contributed by atoms with Crippen molar-refractivity contribution in [1.29, 1.82) is 5.26 Å². The van der Waals surface area contributed by atoms with Crippen LogP contribution in [0.4, 0.5) is 17.6 Å². The Kier molecular flexibility index (Phi) is 5.42. The van der Waals surface area contributed by atoms with Crippen molar-refractivity contribution in [3.8, 4) is 17.6 Å². The SMILES string of the molecule is C[C@H](NS(=O)(=O)c1cnc(-c2c(C#N)c3cc(F)ccc3n2CC2CC2)nc1)C(F)(F)F. The van der Waals surface area contributed by atoms with Crippen LogP contribution in [0, 0.1) is 23.1 Å². The number of fused-ring (bicyclic) bond motifs is 1. The lowest BCUT2D eigenvalue weighted by Gasteiger charge is -2.17. The summed E-state index contributed by atoms with van der Waals surface area (Å²) in [5.41, 5.74) is 1.06. The molecule has 1 aromatic carbocycles. The number of nitrogens with zero attached hydrogens (tertiary/aromatic N) is 4. The largest absolute Gasteiger partial charge is 0.404 e. The molecule has 0 saturated heterocycles. The highest BCUT2D eigenvalue weighted by Crippen LogP contribution is 2.37. The zero-order valence-corrected chi connectivity index (χ0v) is 17.5. The average Bonchev–Trinajstić information content (AvgIpc) is 3.48. The number of benzene rings is 1. The molecule has 1 aliphatic rings. The minimum absolute atomic E-state index is 0.0154. The minimum atomic E-state index is -4.76. The summed E-state index contributed by atoms with van der Waals surface area (Å²) < 4.78 is 79.9. The van der Waals surface area contributed by atoms with Gasteiger partial charge >= 0.3 is 6.18 Å². The topological polar surface area (TPSA) is 101 Å². The number of aromatic nitrogens is 3. The zero-order valence-electron chi connectivity index (χ0n) is 16.7. The molecular formula is C20H17F4N5O2S. The van der Waals surface area contributed by atoms with Crippen LogP contribution >= 0.6 is 0 Å². The number of hydrogen-bond donors (Lipinski definition) is 1. The quantitative estimate of drug-likeness (QED) is 0.557. The number of nitrogens with one attached hydrogen (secondary N) is 1. The molecular weight excluding hydrogens is 450 g/mol. The monoisotopic (exact) mass is 467 g/mol. The predicted octanol–water partition coefficient (Wildman–Crippen LogP) is 3.75. The molecule has 2 aromatic heterocycles. The van der Waals surface area contributed by atoms with Crippen molar-refractivity contribution in [2.75, 3.05) is 0 Å². The molecule has 1 fully saturated rings. The average molecular weight is 467 g/mol. The molecule has 4 rings (SSSR count). The molecule has 0 amide bonds. The highest BCUT2D eigenvalue weighted by molar-refractivity contribution is 7.89. The van der Waals surface area contributed by atoms with Gasteiger partial charge in [-0.3, -0.25) is 0 Å². The number of nitriles is 1. The summed E-state index contributed by atoms with van der Waals surface area (Å²) in [5.74, 6) is -0.119. The molecule has 0 radical (unpaired) electrons. The van der Waals surface area contributed by atoms with Gasteiger partial charge in [-0.05, 0) is 43.9 Å². The van der Waals surface area contributed by atoms with E-state index in [1.54, 1.807) is 10.6 Å². The Labute approximate surface area is 180 Å². The van der Waals surface area contributed by atoms with E-state index in [0.29, 0.717) is 36.0 Å². The third-order valence-electron chi connectivity index (χ3n) is 5.25. The van der Waals surface area contributed by atoms with E-state index in [4.69, 9.17) is 0 Å². The molecule has 1 N–H and O–H groups in total. The summed E-state index contributed by atoms with van der Waals surface area (Å²) in [5, 5.41) is 10.1. The Balaban J connectivity index is 1.77. The first-order valence-corrected chi connectivity index (χ1v) is 11.1. The maximum atomic E-state index is 13.8. The number of rotatable bonds is 6. The Morgan fingerprint density at radius 3 is 2.50 bits per heavy atom. The Bertz CT molecular complexity index is 1320. The van der Waals surface area contributed by atoms with Gasteiger partial charge in [-0.2, -0.15) is 23.2 Å². The number of hydrogen-bond acceptors (Lipinski definition) is 5. The van der Waals surface area contributed by atoms with Gasteiger partial charge in [-0.15, -0.1) is 0 Å². The van der Waals surface area contributed by atoms with Crippen LogP contribution in [0.15, 0.2) is 35.5 Å². The minimum Gasteiger partial charge on any atom is -0.336 e. The first kappa shape index (κ1) is 22.2. The summed E-state index contributed by atoms with van der Waals surface area (Å²) in [6.07, 6.45) is -0.982. The second-order valence-corrected chi connectivity index (χ2v) is 9.39. The van der Waals surface area contributed by atoms with Crippen LogP contribution in [0.2, 0.25) is 0 Å². The molecule has 32 heavy (non-hydrogen) atoms. The maximum absolute atomic E-state index is 13.8. The molecule has 3 aromatic rings. The fraction of sp³-hybridized carbons (Fsp3) is 0.350. The van der Waals surface area contributed by atoms with Gasteiger partial charge in [0.2, 0.25) is 10.0 Å². The second-order valence-electron chi connectivity index (χ2n) is 7.68. The molecule has 0 unspecified atom stereocenters. The van der Waals surface area contributed by atoms with Crippen molar-refractivity contribution in [2.45, 2.75) is 43.4 Å². The van der Waals surface area contributed by atoms with E-state index in [2.05, 4.69) is 9.97 Å². The third kappa shape index (κ3) is 4.18. The first-order valence-electron chi connectivity index (χ1n) is 9.64. The van der Waals surface area contributed by atoms with Crippen molar-refractivity contribution in [3.05, 3.63) is 42.0 Å². The van der Waals surface area contributed by atoms with Crippen molar-refractivity contribution in [2.24, 2.45) is 5.92 Å². The molecule has 1 atom stereocenters. The van der Waals surface area contributed by atoms with Crippen LogP contribution in [-0.4, -0.2) is 35.2 Å². The lowest BCUT2D eigenvalue weighted by Crippen LogP contribution is -2.43. The zero-order chi connectivity index (χ0) is 23.3. The van der Waals surface area contributed by atoms with Crippen molar-refractivity contribution in [1.82, 2.24) is 19.3 Å². The van der Waals surface area contributed by atoms with Gasteiger partial charge in [-0.25, -0.2) is 22.8 Å². The molecule has 1 saturated carbocycles. The molecule has 0 spiro atoms. The first-order chi connectivity index (χ1) is 15.0. The molecule has 12 heteroatoms. The van der Waals surface area contributed by atoms with Gasteiger partial charge in [0.25, 0.3) is 0 Å². The summed E-state index contributed by atoms with van der Waals surface area (Å²) >= 11 is 0. The van der Waals surface area contributed by atoms with Gasteiger partial charge in [0, 0.05) is 11.9 Å². The van der Waals surface area contributed by atoms with Crippen LogP contribution in [-0.2, 0) is 16.6 Å². The fourth-order valence-electron chi connectivity index (χ4n) is 3.37. The van der Waals surface area contributed by atoms with E-state index in [0.717, 1.165) is 25.2 Å². The van der Waals surface area contributed by atoms with Crippen LogP contribution < -0.4 is 4.72 Å². The van der Waals surface area contributed by atoms with E-state index in [9.17, 15) is 31.2 Å². The van der Waals surface area contributed by atoms with Crippen LogP contribution in [0.3, 0.4) is 0 Å². The van der Waals surface area contributed by atoms with E-state index >= 15 is 0 Å². The lowest BCUT2D eigenvalue weighted by molar-refractivity contribution is -0.147. The maximum Gasteiger partial charge on any atom is 0.404 e. The normalized spacial score (nSPS) is 15.6. The van der Waals surface area contributed by atoms with Crippen molar-refractivity contribution in [3.63, 3.8) is 0 Å². The fourth-order valence-corrected chi connectivity index (χ4v) is 4.48. The van der Waals surface area contributed by atoms with E-state index in [-0.39, 0.29) is 11.4 Å². The Morgan fingerprint density at radius 2 is 1.94 bits per heavy atom. The summed E-state index contributed by atoms with van der Waals surface area (Å²) in [4.78, 5) is 7.49. The number of alkyl halides is 3. The molecule has 7 nitrogen and oxygen atoms in total. The lowest BCUT2D eigenvalue weighted by atomic mass is 10.1. The summed E-state index contributed by atoms with van der Waals surface area (Å²) in [7, 11) is -4.52. The van der Waals surface area contributed by atoms with Crippen LogP contribution in [0.1, 0.15) is 25.3 Å². The molecule has 0 bridgehead atoms. The highest BCUT2D eigenvalue weighted by Gasteiger charge is 2.39. The summed E-state index contributed by atoms with van der Waals surface area (Å²) in [6, 6.07) is 3.82. The van der Waals surface area contributed by atoms with Gasteiger partial charge in [0.15, 0.2) is 5.82 Å². The van der Waals surface area contributed by atoms with Crippen molar-refractivity contribution >= 4 is 20.9 Å². The Hall–Kier alpha value is -3.04.